The summed E-state index contributed by atoms with van der Waals surface area (Å²) in [5.74, 6) is 0.993. The van der Waals surface area contributed by atoms with Crippen LogP contribution in [0.15, 0.2) is 31.8 Å². The number of furan rings is 1. The molecule has 0 aliphatic heterocycles. The van der Waals surface area contributed by atoms with Crippen molar-refractivity contribution in [2.24, 2.45) is 0 Å². The molecule has 5 heteroatoms. The Morgan fingerprint density at radius 3 is 2.55 bits per heavy atom. The molecule has 0 amide bonds. The molecule has 3 rings (SSSR count). The Hall–Kier alpha value is -2.27. The minimum absolute atomic E-state index is 0.432. The predicted octanol–water partition coefficient (Wildman–Crippen LogP) is 2.72. The minimum Gasteiger partial charge on any atom is -0.466 e. The van der Waals surface area contributed by atoms with Gasteiger partial charge >= 0.3 is 5.76 Å². The zero-order chi connectivity index (χ0) is 14.4. The Morgan fingerprint density at radius 1 is 1.15 bits per heavy atom. The summed E-state index contributed by atoms with van der Waals surface area (Å²) in [5, 5.41) is 10.5. The van der Waals surface area contributed by atoms with E-state index in [0.29, 0.717) is 22.4 Å². The highest BCUT2D eigenvalue weighted by atomic mass is 16.4. The molecule has 3 aromatic rings. The fourth-order valence-corrected chi connectivity index (χ4v) is 2.51. The third kappa shape index (κ3) is 1.87. The summed E-state index contributed by atoms with van der Waals surface area (Å²) in [6, 6.07) is 5.15. The van der Waals surface area contributed by atoms with Crippen LogP contribution in [-0.4, -0.2) is 10.1 Å². The van der Waals surface area contributed by atoms with Gasteiger partial charge in [-0.1, -0.05) is 6.07 Å². The number of H-pyrrole nitrogens is 1. The molecule has 0 saturated carbocycles. The van der Waals surface area contributed by atoms with Gasteiger partial charge in [0.05, 0.1) is 5.52 Å². The number of hydrogen-bond acceptors (Lipinski definition) is 4. The molecule has 1 unspecified atom stereocenters. The number of aliphatic hydroxyl groups is 1. The number of benzene rings is 1. The molecule has 2 N–H and O–H groups in total. The van der Waals surface area contributed by atoms with Gasteiger partial charge in [-0.15, -0.1) is 0 Å². The maximum Gasteiger partial charge on any atom is 0.417 e. The van der Waals surface area contributed by atoms with Crippen LogP contribution in [0.1, 0.15) is 34.3 Å². The van der Waals surface area contributed by atoms with E-state index in [9.17, 15) is 9.90 Å². The molecule has 0 bridgehead atoms. The van der Waals surface area contributed by atoms with Gasteiger partial charge in [0.2, 0.25) is 0 Å². The Kier molecular flexibility index (Phi) is 2.79. The highest BCUT2D eigenvalue weighted by Crippen LogP contribution is 2.32. The number of aromatic nitrogens is 1. The standard InChI is InChI=1S/C15H15NO4/c1-7-8(2)19-9(3)13(7)14(17)10-4-5-11-12(6-10)20-15(18)16-11/h4-6,14,17H,1-3H3,(H,16,18). The second kappa shape index (κ2) is 4.38. The molecule has 1 atom stereocenters. The molecular formula is C15H15NO4. The second-order valence-electron chi connectivity index (χ2n) is 4.93. The molecule has 0 radical (unpaired) electrons. The summed E-state index contributed by atoms with van der Waals surface area (Å²) in [4.78, 5) is 13.7. The SMILES string of the molecule is Cc1oc(C)c(C(O)c2ccc3[nH]c(=O)oc3c2)c1C. The van der Waals surface area contributed by atoms with Crippen molar-refractivity contribution < 1.29 is 13.9 Å². The van der Waals surface area contributed by atoms with E-state index >= 15 is 0 Å². The molecular weight excluding hydrogens is 258 g/mol. The number of aliphatic hydroxyl groups excluding tert-OH is 1. The van der Waals surface area contributed by atoms with E-state index in [1.165, 1.54) is 0 Å². The van der Waals surface area contributed by atoms with Crippen molar-refractivity contribution in [1.29, 1.82) is 0 Å². The van der Waals surface area contributed by atoms with Gasteiger partial charge in [0.25, 0.3) is 0 Å². The van der Waals surface area contributed by atoms with Crippen LogP contribution in [0.5, 0.6) is 0 Å². The number of hydrogen-bond donors (Lipinski definition) is 2. The lowest BCUT2D eigenvalue weighted by atomic mass is 9.98. The van der Waals surface area contributed by atoms with Gasteiger partial charge in [-0.3, -0.25) is 4.98 Å². The molecule has 0 saturated heterocycles. The van der Waals surface area contributed by atoms with Crippen molar-refractivity contribution in [2.75, 3.05) is 0 Å². The number of aryl methyl sites for hydroxylation is 2. The minimum atomic E-state index is -0.808. The summed E-state index contributed by atoms with van der Waals surface area (Å²) in [7, 11) is 0. The first-order valence-electron chi connectivity index (χ1n) is 6.34. The number of nitrogens with one attached hydrogen (secondary N) is 1. The fraction of sp³-hybridized carbons (Fsp3) is 0.267. The molecule has 104 valence electrons. The van der Waals surface area contributed by atoms with Gasteiger partial charge in [-0.05, 0) is 44.0 Å². The van der Waals surface area contributed by atoms with Gasteiger partial charge in [0.15, 0.2) is 5.58 Å². The third-order valence-electron chi connectivity index (χ3n) is 3.65. The molecule has 20 heavy (non-hydrogen) atoms. The lowest BCUT2D eigenvalue weighted by Crippen LogP contribution is -2.01. The average molecular weight is 273 g/mol. The van der Waals surface area contributed by atoms with E-state index in [4.69, 9.17) is 8.83 Å². The van der Waals surface area contributed by atoms with Crippen LogP contribution < -0.4 is 5.76 Å². The molecule has 1 aromatic carbocycles. The van der Waals surface area contributed by atoms with Crippen molar-refractivity contribution in [3.63, 3.8) is 0 Å². The van der Waals surface area contributed by atoms with Gasteiger partial charge in [0.1, 0.15) is 17.6 Å². The van der Waals surface area contributed by atoms with Crippen LogP contribution >= 0.6 is 0 Å². The third-order valence-corrected chi connectivity index (χ3v) is 3.65. The summed E-state index contributed by atoms with van der Waals surface area (Å²) in [6.07, 6.45) is -0.808. The maximum absolute atomic E-state index is 11.2. The van der Waals surface area contributed by atoms with Crippen molar-refractivity contribution in [2.45, 2.75) is 26.9 Å². The Balaban J connectivity index is 2.11. The van der Waals surface area contributed by atoms with Crippen LogP contribution in [0.4, 0.5) is 0 Å². The van der Waals surface area contributed by atoms with E-state index in [-0.39, 0.29) is 0 Å². The zero-order valence-electron chi connectivity index (χ0n) is 11.5. The first-order chi connectivity index (χ1) is 9.47. The largest absolute Gasteiger partial charge is 0.466 e. The van der Waals surface area contributed by atoms with Gasteiger partial charge < -0.3 is 13.9 Å². The van der Waals surface area contributed by atoms with E-state index in [1.807, 2.05) is 20.8 Å². The van der Waals surface area contributed by atoms with Crippen LogP contribution in [0.3, 0.4) is 0 Å². The number of aromatic amines is 1. The van der Waals surface area contributed by atoms with Crippen LogP contribution in [-0.2, 0) is 0 Å². The van der Waals surface area contributed by atoms with Crippen LogP contribution in [0, 0.1) is 20.8 Å². The first-order valence-corrected chi connectivity index (χ1v) is 6.34. The number of oxazole rings is 1. The highest BCUT2D eigenvalue weighted by Gasteiger charge is 2.21. The van der Waals surface area contributed by atoms with E-state index < -0.39 is 11.9 Å². The normalized spacial score (nSPS) is 13.0. The van der Waals surface area contributed by atoms with Crippen molar-refractivity contribution in [1.82, 2.24) is 4.98 Å². The molecule has 0 aliphatic carbocycles. The quantitative estimate of drug-likeness (QED) is 0.752. The topological polar surface area (TPSA) is 79.4 Å². The Labute approximate surface area is 114 Å². The molecule has 0 fully saturated rings. The zero-order valence-corrected chi connectivity index (χ0v) is 11.5. The number of fused-ring (bicyclic) bond motifs is 1. The molecule has 2 heterocycles. The van der Waals surface area contributed by atoms with Gasteiger partial charge in [-0.2, -0.15) is 0 Å². The lowest BCUT2D eigenvalue weighted by molar-refractivity contribution is 0.217. The maximum atomic E-state index is 11.2. The summed E-state index contributed by atoms with van der Waals surface area (Å²) in [5.41, 5.74) is 3.41. The Bertz CT molecular complexity index is 837. The molecule has 2 aromatic heterocycles. The summed E-state index contributed by atoms with van der Waals surface area (Å²) < 4.78 is 10.6. The second-order valence-corrected chi connectivity index (χ2v) is 4.93. The molecule has 0 aliphatic rings. The number of rotatable bonds is 2. The van der Waals surface area contributed by atoms with Crippen LogP contribution in [0.25, 0.3) is 11.1 Å². The van der Waals surface area contributed by atoms with Crippen molar-refractivity contribution >= 4 is 11.1 Å². The Morgan fingerprint density at radius 2 is 1.90 bits per heavy atom. The van der Waals surface area contributed by atoms with Gasteiger partial charge in [0, 0.05) is 5.56 Å². The van der Waals surface area contributed by atoms with E-state index in [1.54, 1.807) is 18.2 Å². The predicted molar refractivity (Wildman–Crippen MR) is 73.8 cm³/mol. The lowest BCUT2D eigenvalue weighted by Gasteiger charge is -2.11. The molecule has 5 nitrogen and oxygen atoms in total. The smallest absolute Gasteiger partial charge is 0.417 e. The van der Waals surface area contributed by atoms with E-state index in [0.717, 1.165) is 16.9 Å². The molecule has 0 spiro atoms. The van der Waals surface area contributed by atoms with Crippen LogP contribution in [0.2, 0.25) is 0 Å². The van der Waals surface area contributed by atoms with Gasteiger partial charge in [-0.25, -0.2) is 4.79 Å². The van der Waals surface area contributed by atoms with E-state index in [2.05, 4.69) is 4.98 Å². The first kappa shape index (κ1) is 12.7. The average Bonchev–Trinajstić information content (AvgIpc) is 2.87. The monoisotopic (exact) mass is 273 g/mol. The summed E-state index contributed by atoms with van der Waals surface area (Å²) in [6.45, 7) is 5.61. The summed E-state index contributed by atoms with van der Waals surface area (Å²) >= 11 is 0. The highest BCUT2D eigenvalue weighted by molar-refractivity contribution is 5.73. The van der Waals surface area contributed by atoms with Crippen molar-refractivity contribution in [3.05, 3.63) is 57.0 Å². The van der Waals surface area contributed by atoms with Crippen molar-refractivity contribution in [3.8, 4) is 0 Å². The fourth-order valence-electron chi connectivity index (χ4n) is 2.51.